The monoisotopic (exact) mass is 505 g/mol. The number of epoxide rings is 1. The van der Waals surface area contributed by atoms with Crippen LogP contribution >= 0.6 is 0 Å². The largest absolute Gasteiger partial charge is 0.459 e. The Morgan fingerprint density at radius 1 is 1.22 bits per heavy atom. The van der Waals surface area contributed by atoms with Crippen LogP contribution in [0.25, 0.3) is 0 Å². The van der Waals surface area contributed by atoms with Crippen molar-refractivity contribution in [1.82, 2.24) is 5.32 Å². The molecule has 0 saturated carbocycles. The molecule has 8 atom stereocenters. The Morgan fingerprint density at radius 2 is 1.92 bits per heavy atom. The van der Waals surface area contributed by atoms with Crippen LogP contribution < -0.4 is 5.32 Å². The fraction of sp³-hybridized carbons (Fsp3) is 0.714. The minimum Gasteiger partial charge on any atom is -0.459 e. The van der Waals surface area contributed by atoms with E-state index in [0.717, 1.165) is 18.4 Å². The predicted molar refractivity (Wildman–Crippen MR) is 136 cm³/mol. The molecule has 0 aliphatic carbocycles. The summed E-state index contributed by atoms with van der Waals surface area (Å²) in [6.07, 6.45) is 9.71. The lowest BCUT2D eigenvalue weighted by Gasteiger charge is -2.41. The molecule has 8 nitrogen and oxygen atoms in total. The maximum Gasteiger partial charge on any atom is 0.303 e. The molecule has 0 bridgehead atoms. The first-order valence-electron chi connectivity index (χ1n) is 13.0. The van der Waals surface area contributed by atoms with Crippen molar-refractivity contribution in [3.05, 3.63) is 36.0 Å². The smallest absolute Gasteiger partial charge is 0.303 e. The van der Waals surface area contributed by atoms with Gasteiger partial charge in [-0.05, 0) is 59.5 Å². The number of aliphatic hydroxyl groups is 1. The van der Waals surface area contributed by atoms with Gasteiger partial charge in [0.25, 0.3) is 0 Å². The average Bonchev–Trinajstić information content (AvgIpc) is 3.54. The van der Waals surface area contributed by atoms with Crippen LogP contribution in [0.3, 0.4) is 0 Å². The lowest BCUT2D eigenvalue weighted by atomic mass is 9.83. The van der Waals surface area contributed by atoms with Gasteiger partial charge in [0, 0.05) is 19.4 Å². The fourth-order valence-electron chi connectivity index (χ4n) is 5.19. The van der Waals surface area contributed by atoms with Crippen LogP contribution in [0.1, 0.15) is 67.7 Å². The minimum absolute atomic E-state index is 0.0506. The molecule has 3 saturated heterocycles. The number of allylic oxidation sites excluding steroid dienone is 2. The van der Waals surface area contributed by atoms with Gasteiger partial charge in [-0.2, -0.15) is 0 Å². The molecule has 1 spiro atoms. The van der Waals surface area contributed by atoms with Crippen LogP contribution in [0, 0.1) is 5.92 Å². The normalized spacial score (nSPS) is 37.3. The molecule has 0 aromatic rings. The number of carbonyl (C=O) groups excluding carboxylic acids is 2. The summed E-state index contributed by atoms with van der Waals surface area (Å²) < 4.78 is 23.0. The quantitative estimate of drug-likeness (QED) is 0.225. The number of esters is 1. The van der Waals surface area contributed by atoms with Gasteiger partial charge in [-0.25, -0.2) is 0 Å². The van der Waals surface area contributed by atoms with Gasteiger partial charge in [0.1, 0.15) is 23.9 Å². The highest BCUT2D eigenvalue weighted by molar-refractivity contribution is 5.87. The summed E-state index contributed by atoms with van der Waals surface area (Å²) in [5.41, 5.74) is 0.274. The van der Waals surface area contributed by atoms with Crippen molar-refractivity contribution >= 4 is 11.9 Å². The van der Waals surface area contributed by atoms with Crippen LogP contribution in [0.2, 0.25) is 0 Å². The van der Waals surface area contributed by atoms with Gasteiger partial charge in [-0.1, -0.05) is 30.7 Å². The number of nitrogens with one attached hydrogen (secondary N) is 1. The number of hydrogen-bond donors (Lipinski definition) is 2. The highest BCUT2D eigenvalue weighted by atomic mass is 16.6. The van der Waals surface area contributed by atoms with Crippen molar-refractivity contribution in [2.45, 2.75) is 115 Å². The molecule has 2 N–H and O–H groups in total. The molecule has 3 heterocycles. The van der Waals surface area contributed by atoms with Crippen molar-refractivity contribution in [3.63, 3.8) is 0 Å². The summed E-state index contributed by atoms with van der Waals surface area (Å²) in [6.45, 7) is 13.8. The van der Waals surface area contributed by atoms with E-state index in [1.807, 2.05) is 39.8 Å². The average molecular weight is 506 g/mol. The Kier molecular flexibility index (Phi) is 9.20. The summed E-state index contributed by atoms with van der Waals surface area (Å²) in [6, 6.07) is -0.0901. The standard InChI is InChI=1S/C28H43NO7/c1-17(9-12-24-26(32)28(16-33-28)15-27(6,7)36-24)8-11-23-18(2)14-22(20(4)35-23)29-25(31)13-10-19(3)34-21(5)30/h8-10,12-13,18-20,22-24,26,32H,11,14-16H2,1-7H3,(H,29,31)/b12-9+,13-10-,17-8+/t18-,19-,20+,22+,23-,24+,26+,28+/m0/s1. The molecular formula is C28H43NO7. The van der Waals surface area contributed by atoms with Crippen LogP contribution in [0.4, 0.5) is 0 Å². The van der Waals surface area contributed by atoms with Crippen molar-refractivity contribution < 1.29 is 33.6 Å². The zero-order chi connectivity index (χ0) is 26.7. The lowest BCUT2D eigenvalue weighted by Crippen LogP contribution is -2.53. The van der Waals surface area contributed by atoms with Crippen LogP contribution in [0.5, 0.6) is 0 Å². The molecule has 1 amide bonds. The van der Waals surface area contributed by atoms with Crippen LogP contribution in [-0.4, -0.2) is 71.4 Å². The van der Waals surface area contributed by atoms with Gasteiger partial charge in [0.05, 0.1) is 30.5 Å². The third kappa shape index (κ3) is 7.75. The number of amides is 1. The maximum absolute atomic E-state index is 12.3. The highest BCUT2D eigenvalue weighted by Gasteiger charge is 2.60. The molecular weight excluding hydrogens is 462 g/mol. The van der Waals surface area contributed by atoms with Crippen molar-refractivity contribution in [1.29, 1.82) is 0 Å². The molecule has 3 aliphatic heterocycles. The molecule has 0 radical (unpaired) electrons. The molecule has 0 aromatic heterocycles. The van der Waals surface area contributed by atoms with Gasteiger partial charge >= 0.3 is 5.97 Å². The Balaban J connectivity index is 1.49. The van der Waals surface area contributed by atoms with E-state index in [2.05, 4.69) is 18.3 Å². The number of aliphatic hydroxyl groups excluding tert-OH is 1. The van der Waals surface area contributed by atoms with E-state index in [-0.39, 0.29) is 41.6 Å². The molecule has 8 heteroatoms. The van der Waals surface area contributed by atoms with E-state index < -0.39 is 23.9 Å². The van der Waals surface area contributed by atoms with Gasteiger partial charge in [-0.3, -0.25) is 9.59 Å². The maximum atomic E-state index is 12.3. The van der Waals surface area contributed by atoms with Crippen LogP contribution in [-0.2, 0) is 28.5 Å². The van der Waals surface area contributed by atoms with E-state index in [9.17, 15) is 14.7 Å². The van der Waals surface area contributed by atoms with Gasteiger partial charge in [-0.15, -0.1) is 0 Å². The van der Waals surface area contributed by atoms with Crippen LogP contribution in [0.15, 0.2) is 36.0 Å². The van der Waals surface area contributed by atoms with E-state index in [1.54, 1.807) is 13.0 Å². The zero-order valence-electron chi connectivity index (χ0n) is 22.7. The second-order valence-electron chi connectivity index (χ2n) is 11.2. The minimum atomic E-state index is -0.663. The summed E-state index contributed by atoms with van der Waals surface area (Å²) in [4.78, 5) is 23.3. The van der Waals surface area contributed by atoms with Crippen molar-refractivity contribution in [2.75, 3.05) is 6.61 Å². The molecule has 3 fully saturated rings. The summed E-state index contributed by atoms with van der Waals surface area (Å²) in [5, 5.41) is 13.7. The Labute approximate surface area is 215 Å². The third-order valence-electron chi connectivity index (χ3n) is 7.18. The number of rotatable bonds is 8. The Bertz CT molecular complexity index is 888. The summed E-state index contributed by atoms with van der Waals surface area (Å²) >= 11 is 0. The third-order valence-corrected chi connectivity index (χ3v) is 7.18. The first-order chi connectivity index (χ1) is 16.8. The SMILES string of the molecule is CC(=O)O[C@@H](C)/C=C\C(=O)N[C@@H]1C[C@H](C)[C@H](C/C=C(C)/C=C/[C@H]2OC(C)(C)C[C@@]3(CO3)[C@@H]2O)O[C@@H]1C. The van der Waals surface area contributed by atoms with Crippen molar-refractivity contribution in [2.24, 2.45) is 5.92 Å². The lowest BCUT2D eigenvalue weighted by molar-refractivity contribution is -0.171. The summed E-state index contributed by atoms with van der Waals surface area (Å²) in [7, 11) is 0. The van der Waals surface area contributed by atoms with E-state index in [0.29, 0.717) is 13.0 Å². The number of ether oxygens (including phenoxy) is 4. The second kappa shape index (κ2) is 11.6. The molecule has 0 aromatic carbocycles. The van der Waals surface area contributed by atoms with Gasteiger partial charge in [0.15, 0.2) is 0 Å². The molecule has 3 rings (SSSR count). The first-order valence-corrected chi connectivity index (χ1v) is 13.0. The van der Waals surface area contributed by atoms with E-state index in [4.69, 9.17) is 18.9 Å². The molecule has 202 valence electrons. The Morgan fingerprint density at radius 3 is 2.56 bits per heavy atom. The summed E-state index contributed by atoms with van der Waals surface area (Å²) in [5.74, 6) is -0.346. The van der Waals surface area contributed by atoms with E-state index in [1.165, 1.54) is 13.0 Å². The molecule has 0 unspecified atom stereocenters. The first kappa shape index (κ1) is 28.6. The van der Waals surface area contributed by atoms with E-state index >= 15 is 0 Å². The van der Waals surface area contributed by atoms with Gasteiger partial charge < -0.3 is 29.4 Å². The molecule has 36 heavy (non-hydrogen) atoms. The number of hydrogen-bond acceptors (Lipinski definition) is 7. The topological polar surface area (TPSA) is 107 Å². The highest BCUT2D eigenvalue weighted by Crippen LogP contribution is 2.46. The molecule has 3 aliphatic rings. The van der Waals surface area contributed by atoms with Gasteiger partial charge in [0.2, 0.25) is 5.91 Å². The fourth-order valence-corrected chi connectivity index (χ4v) is 5.19. The predicted octanol–water partition coefficient (Wildman–Crippen LogP) is 3.38. The second-order valence-corrected chi connectivity index (χ2v) is 11.2. The number of carbonyl (C=O) groups is 2. The zero-order valence-corrected chi connectivity index (χ0v) is 22.7. The Hall–Kier alpha value is -2.00. The van der Waals surface area contributed by atoms with Crippen molar-refractivity contribution in [3.8, 4) is 0 Å².